The predicted octanol–water partition coefficient (Wildman–Crippen LogP) is 3.35. The van der Waals surface area contributed by atoms with E-state index in [9.17, 15) is 13.2 Å². The lowest BCUT2D eigenvalue weighted by Crippen LogP contribution is -2.12. The van der Waals surface area contributed by atoms with Crippen molar-refractivity contribution in [1.82, 2.24) is 15.2 Å². The third kappa shape index (κ3) is 1.90. The van der Waals surface area contributed by atoms with E-state index in [4.69, 9.17) is 23.2 Å². The summed E-state index contributed by atoms with van der Waals surface area (Å²) in [4.78, 5) is 3.31. The van der Waals surface area contributed by atoms with Gasteiger partial charge < -0.3 is 0 Å². The normalized spacial score (nSPS) is 12.1. The maximum Gasteiger partial charge on any atom is 0.453 e. The van der Waals surface area contributed by atoms with Crippen LogP contribution in [0.5, 0.6) is 0 Å². The summed E-state index contributed by atoms with van der Waals surface area (Å²) in [5.74, 6) is -1.31. The molecule has 0 spiro atoms. The molecular weight excluding hydrogens is 266 g/mol. The number of alkyl halides is 3. The Morgan fingerprint density at radius 1 is 1.06 bits per heavy atom. The zero-order valence-corrected chi connectivity index (χ0v) is 8.90. The highest BCUT2D eigenvalue weighted by Crippen LogP contribution is 2.30. The molecule has 1 aromatic carbocycles. The summed E-state index contributed by atoms with van der Waals surface area (Å²) in [6, 6.07) is 2.65. The van der Waals surface area contributed by atoms with Crippen LogP contribution in [0.25, 0.3) is 11.0 Å². The van der Waals surface area contributed by atoms with E-state index < -0.39 is 12.0 Å². The van der Waals surface area contributed by atoms with E-state index in [2.05, 4.69) is 15.2 Å². The number of nitrogens with zero attached hydrogens (tertiary/aromatic N) is 3. The van der Waals surface area contributed by atoms with Crippen molar-refractivity contribution < 1.29 is 13.2 Å². The minimum Gasteiger partial charge on any atom is -0.221 e. The Balaban J connectivity index is 2.70. The average Bonchev–Trinajstić information content (AvgIpc) is 2.22. The van der Waals surface area contributed by atoms with Gasteiger partial charge in [-0.3, -0.25) is 0 Å². The second kappa shape index (κ2) is 3.71. The maximum absolute atomic E-state index is 12.3. The van der Waals surface area contributed by atoms with Crippen molar-refractivity contribution in [1.29, 1.82) is 0 Å². The van der Waals surface area contributed by atoms with Crippen LogP contribution in [0.1, 0.15) is 5.82 Å². The molecule has 0 aliphatic rings. The summed E-state index contributed by atoms with van der Waals surface area (Å²) in [5.41, 5.74) is 0.0406. The summed E-state index contributed by atoms with van der Waals surface area (Å²) in [7, 11) is 0. The van der Waals surface area contributed by atoms with Crippen LogP contribution in [0.2, 0.25) is 10.0 Å². The summed E-state index contributed by atoms with van der Waals surface area (Å²) in [6.45, 7) is 0. The Morgan fingerprint density at radius 3 is 2.38 bits per heavy atom. The molecule has 0 unspecified atom stereocenters. The van der Waals surface area contributed by atoms with E-state index in [1.54, 1.807) is 0 Å². The first kappa shape index (κ1) is 11.3. The third-order valence-corrected chi connectivity index (χ3v) is 2.57. The summed E-state index contributed by atoms with van der Waals surface area (Å²) < 4.78 is 36.8. The van der Waals surface area contributed by atoms with Gasteiger partial charge in [0.05, 0.1) is 15.6 Å². The van der Waals surface area contributed by atoms with E-state index in [1.807, 2.05) is 0 Å². The van der Waals surface area contributed by atoms with Gasteiger partial charge in [0.1, 0.15) is 5.52 Å². The van der Waals surface area contributed by atoms with Crippen LogP contribution < -0.4 is 0 Å². The van der Waals surface area contributed by atoms with Crippen LogP contribution in [-0.2, 0) is 6.18 Å². The molecule has 0 fully saturated rings. The van der Waals surface area contributed by atoms with E-state index in [-0.39, 0.29) is 21.1 Å². The fraction of sp³-hybridized carbons (Fsp3) is 0.125. The quantitative estimate of drug-likeness (QED) is 0.735. The van der Waals surface area contributed by atoms with Crippen LogP contribution in [0.3, 0.4) is 0 Å². The summed E-state index contributed by atoms with van der Waals surface area (Å²) >= 11 is 11.4. The fourth-order valence-electron chi connectivity index (χ4n) is 1.07. The standard InChI is InChI=1S/C8H2Cl2F3N3/c9-3-1-2-4-6(5(3)10)15-16-7(14-4)8(11,12)13/h1-2H. The van der Waals surface area contributed by atoms with Crippen LogP contribution in [0.15, 0.2) is 12.1 Å². The Labute approximate surface area is 97.2 Å². The molecule has 1 aromatic heterocycles. The van der Waals surface area contributed by atoms with Crippen LogP contribution >= 0.6 is 23.2 Å². The number of halogens is 5. The minimum atomic E-state index is -4.63. The van der Waals surface area contributed by atoms with Crippen molar-refractivity contribution in [3.8, 4) is 0 Å². The highest BCUT2D eigenvalue weighted by Gasteiger charge is 2.35. The van der Waals surface area contributed by atoms with Crippen LogP contribution in [0.4, 0.5) is 13.2 Å². The molecule has 0 atom stereocenters. The van der Waals surface area contributed by atoms with Gasteiger partial charge in [0, 0.05) is 0 Å². The second-order valence-corrected chi connectivity index (χ2v) is 3.65. The molecule has 0 radical (unpaired) electrons. The van der Waals surface area contributed by atoms with Gasteiger partial charge >= 0.3 is 6.18 Å². The number of rotatable bonds is 0. The monoisotopic (exact) mass is 267 g/mol. The summed E-state index contributed by atoms with van der Waals surface area (Å²) in [5, 5.41) is 6.53. The predicted molar refractivity (Wildman–Crippen MR) is 52.4 cm³/mol. The molecule has 0 N–H and O–H groups in total. The average molecular weight is 268 g/mol. The van der Waals surface area contributed by atoms with E-state index >= 15 is 0 Å². The Kier molecular flexibility index (Phi) is 2.63. The molecule has 0 saturated carbocycles. The van der Waals surface area contributed by atoms with Gasteiger partial charge in [-0.15, -0.1) is 10.2 Å². The Hall–Kier alpha value is -1.14. The molecule has 8 heteroatoms. The van der Waals surface area contributed by atoms with Gasteiger partial charge in [-0.2, -0.15) is 13.2 Å². The van der Waals surface area contributed by atoms with E-state index in [1.165, 1.54) is 12.1 Å². The van der Waals surface area contributed by atoms with Crippen molar-refractivity contribution in [2.45, 2.75) is 6.18 Å². The minimum absolute atomic E-state index is 0.00303. The zero-order valence-electron chi connectivity index (χ0n) is 7.39. The molecule has 0 aliphatic heterocycles. The first-order valence-corrected chi connectivity index (χ1v) is 4.71. The number of benzene rings is 1. The number of hydrogen-bond donors (Lipinski definition) is 0. The summed E-state index contributed by atoms with van der Waals surface area (Å²) in [6.07, 6.45) is -4.63. The van der Waals surface area contributed by atoms with Crippen molar-refractivity contribution in [2.75, 3.05) is 0 Å². The van der Waals surface area contributed by atoms with Crippen molar-refractivity contribution in [3.05, 3.63) is 28.0 Å². The second-order valence-electron chi connectivity index (χ2n) is 2.86. The smallest absolute Gasteiger partial charge is 0.221 e. The van der Waals surface area contributed by atoms with Gasteiger partial charge in [-0.1, -0.05) is 23.2 Å². The van der Waals surface area contributed by atoms with Crippen molar-refractivity contribution in [3.63, 3.8) is 0 Å². The lowest BCUT2D eigenvalue weighted by molar-refractivity contribution is -0.145. The van der Waals surface area contributed by atoms with Crippen LogP contribution in [-0.4, -0.2) is 15.2 Å². The van der Waals surface area contributed by atoms with Gasteiger partial charge in [0.15, 0.2) is 0 Å². The molecule has 0 aliphatic carbocycles. The van der Waals surface area contributed by atoms with Gasteiger partial charge in [-0.05, 0) is 12.1 Å². The molecule has 1 heterocycles. The van der Waals surface area contributed by atoms with Crippen LogP contribution in [0, 0.1) is 0 Å². The number of aromatic nitrogens is 3. The molecular formula is C8H2Cl2F3N3. The number of hydrogen-bond acceptors (Lipinski definition) is 3. The number of fused-ring (bicyclic) bond motifs is 1. The van der Waals surface area contributed by atoms with Crippen molar-refractivity contribution in [2.24, 2.45) is 0 Å². The van der Waals surface area contributed by atoms with Gasteiger partial charge in [0.2, 0.25) is 0 Å². The first-order chi connectivity index (χ1) is 7.39. The molecule has 0 amide bonds. The molecule has 2 aromatic rings. The molecule has 2 rings (SSSR count). The lowest BCUT2D eigenvalue weighted by atomic mass is 10.3. The highest BCUT2D eigenvalue weighted by molar-refractivity contribution is 6.44. The highest BCUT2D eigenvalue weighted by atomic mass is 35.5. The van der Waals surface area contributed by atoms with E-state index in [0.29, 0.717) is 0 Å². The lowest BCUT2D eigenvalue weighted by Gasteiger charge is -2.05. The third-order valence-electron chi connectivity index (χ3n) is 1.77. The zero-order chi connectivity index (χ0) is 11.9. The maximum atomic E-state index is 12.3. The largest absolute Gasteiger partial charge is 0.453 e. The SMILES string of the molecule is FC(F)(F)c1nnc2c(Cl)c(Cl)ccc2n1. The Morgan fingerprint density at radius 2 is 1.75 bits per heavy atom. The Bertz CT molecular complexity index is 556. The molecule has 16 heavy (non-hydrogen) atoms. The molecule has 84 valence electrons. The van der Waals surface area contributed by atoms with Gasteiger partial charge in [-0.25, -0.2) is 4.98 Å². The molecule has 0 saturated heterocycles. The molecule has 3 nitrogen and oxygen atoms in total. The van der Waals surface area contributed by atoms with Gasteiger partial charge in [0.25, 0.3) is 5.82 Å². The topological polar surface area (TPSA) is 38.7 Å². The first-order valence-electron chi connectivity index (χ1n) is 3.95. The van der Waals surface area contributed by atoms with E-state index in [0.717, 1.165) is 0 Å². The fourth-order valence-corrected chi connectivity index (χ4v) is 1.42. The molecule has 0 bridgehead atoms. The van der Waals surface area contributed by atoms with Crippen molar-refractivity contribution >= 4 is 34.2 Å².